The fraction of sp³-hybridized carbons (Fsp3) is 0.619. The van der Waals surface area contributed by atoms with Crippen molar-refractivity contribution in [2.45, 2.75) is 46.5 Å². The molecule has 1 saturated heterocycles. The molecule has 0 bridgehead atoms. The topological polar surface area (TPSA) is 80.0 Å². The van der Waals surface area contributed by atoms with Crippen molar-refractivity contribution in [2.75, 3.05) is 32.8 Å². The van der Waals surface area contributed by atoms with Gasteiger partial charge in [-0.05, 0) is 50.7 Å². The third-order valence-corrected chi connectivity index (χ3v) is 4.86. The standard InChI is InChI=1S/C21H34N4O2.HI/c1-4-23-21(25-12-6-10-18(15-25)14-19(22)26)24-11-7-13-27-20-16(2)8-5-9-17(20)3;/h5,8-9,18H,4,6-7,10-15H2,1-3H3,(H2,22,26)(H,23,24);1H. The summed E-state index contributed by atoms with van der Waals surface area (Å²) < 4.78 is 5.96. The Bertz CT molecular complexity index is 631. The van der Waals surface area contributed by atoms with Crippen LogP contribution in [0.4, 0.5) is 0 Å². The molecule has 2 rings (SSSR count). The van der Waals surface area contributed by atoms with E-state index < -0.39 is 0 Å². The highest BCUT2D eigenvalue weighted by Crippen LogP contribution is 2.22. The number of halogens is 1. The molecule has 1 aromatic carbocycles. The van der Waals surface area contributed by atoms with Crippen LogP contribution in [-0.4, -0.2) is 49.6 Å². The molecular formula is C21H35IN4O2. The third kappa shape index (κ3) is 7.85. The molecule has 158 valence electrons. The summed E-state index contributed by atoms with van der Waals surface area (Å²) >= 11 is 0. The van der Waals surface area contributed by atoms with Gasteiger partial charge in [-0.2, -0.15) is 0 Å². The van der Waals surface area contributed by atoms with Crippen LogP contribution in [0, 0.1) is 19.8 Å². The molecule has 1 fully saturated rings. The second-order valence-electron chi connectivity index (χ2n) is 7.28. The third-order valence-electron chi connectivity index (χ3n) is 4.86. The Hall–Kier alpha value is -1.51. The molecule has 0 aliphatic carbocycles. The lowest BCUT2D eigenvalue weighted by Gasteiger charge is -2.34. The number of benzene rings is 1. The van der Waals surface area contributed by atoms with E-state index in [1.807, 2.05) is 0 Å². The predicted molar refractivity (Wildman–Crippen MR) is 126 cm³/mol. The Morgan fingerprint density at radius 3 is 2.71 bits per heavy atom. The monoisotopic (exact) mass is 502 g/mol. The number of primary amides is 1. The highest BCUT2D eigenvalue weighted by atomic mass is 127. The second kappa shape index (κ2) is 12.9. The van der Waals surface area contributed by atoms with Gasteiger partial charge in [0.05, 0.1) is 6.61 Å². The summed E-state index contributed by atoms with van der Waals surface area (Å²) in [5.41, 5.74) is 7.70. The predicted octanol–water partition coefficient (Wildman–Crippen LogP) is 3.24. The molecule has 1 atom stereocenters. The summed E-state index contributed by atoms with van der Waals surface area (Å²) in [6.07, 6.45) is 3.45. The van der Waals surface area contributed by atoms with E-state index >= 15 is 0 Å². The van der Waals surface area contributed by atoms with Crippen LogP contribution in [0.15, 0.2) is 23.2 Å². The van der Waals surface area contributed by atoms with Crippen molar-refractivity contribution in [1.29, 1.82) is 0 Å². The zero-order valence-electron chi connectivity index (χ0n) is 17.4. The molecule has 28 heavy (non-hydrogen) atoms. The van der Waals surface area contributed by atoms with Gasteiger partial charge in [0.15, 0.2) is 5.96 Å². The van der Waals surface area contributed by atoms with E-state index in [1.165, 1.54) is 11.1 Å². The van der Waals surface area contributed by atoms with Gasteiger partial charge >= 0.3 is 0 Å². The van der Waals surface area contributed by atoms with Crippen molar-refractivity contribution in [3.8, 4) is 5.75 Å². The van der Waals surface area contributed by atoms with E-state index in [2.05, 4.69) is 49.2 Å². The fourth-order valence-corrected chi connectivity index (χ4v) is 3.58. The summed E-state index contributed by atoms with van der Waals surface area (Å²) in [6.45, 7) is 10.2. The number of hydrogen-bond donors (Lipinski definition) is 2. The maximum Gasteiger partial charge on any atom is 0.217 e. The highest BCUT2D eigenvalue weighted by molar-refractivity contribution is 14.0. The summed E-state index contributed by atoms with van der Waals surface area (Å²) in [5.74, 6) is 2.03. The van der Waals surface area contributed by atoms with Crippen LogP contribution in [0.1, 0.15) is 43.7 Å². The number of ether oxygens (including phenoxy) is 1. The molecule has 1 aromatic rings. The van der Waals surface area contributed by atoms with Crippen LogP contribution < -0.4 is 15.8 Å². The average molecular weight is 502 g/mol. The van der Waals surface area contributed by atoms with Crippen LogP contribution in [-0.2, 0) is 4.79 Å². The molecule has 1 aliphatic rings. The molecule has 7 heteroatoms. The number of amides is 1. The molecule has 0 radical (unpaired) electrons. The molecule has 1 unspecified atom stereocenters. The molecule has 0 saturated carbocycles. The first-order valence-corrected chi connectivity index (χ1v) is 10.0. The van der Waals surface area contributed by atoms with Gasteiger partial charge in [0, 0.05) is 39.0 Å². The lowest BCUT2D eigenvalue weighted by Crippen LogP contribution is -2.47. The lowest BCUT2D eigenvalue weighted by molar-refractivity contribution is -0.119. The Morgan fingerprint density at radius 1 is 1.36 bits per heavy atom. The summed E-state index contributed by atoms with van der Waals surface area (Å²) in [5, 5.41) is 3.37. The van der Waals surface area contributed by atoms with Crippen molar-refractivity contribution in [2.24, 2.45) is 16.6 Å². The van der Waals surface area contributed by atoms with Gasteiger partial charge in [-0.15, -0.1) is 24.0 Å². The van der Waals surface area contributed by atoms with Crippen LogP contribution in [0.5, 0.6) is 5.75 Å². The van der Waals surface area contributed by atoms with Crippen LogP contribution >= 0.6 is 24.0 Å². The first-order chi connectivity index (χ1) is 13.0. The number of para-hydroxylation sites is 1. The van der Waals surface area contributed by atoms with Crippen molar-refractivity contribution in [3.63, 3.8) is 0 Å². The highest BCUT2D eigenvalue weighted by Gasteiger charge is 2.23. The van der Waals surface area contributed by atoms with Crippen LogP contribution in [0.2, 0.25) is 0 Å². The molecule has 0 aromatic heterocycles. The van der Waals surface area contributed by atoms with E-state index in [9.17, 15) is 4.79 Å². The number of nitrogens with one attached hydrogen (secondary N) is 1. The Labute approximate surface area is 186 Å². The van der Waals surface area contributed by atoms with Gasteiger partial charge in [0.2, 0.25) is 5.91 Å². The molecule has 1 heterocycles. The van der Waals surface area contributed by atoms with Gasteiger partial charge in [0.25, 0.3) is 0 Å². The van der Waals surface area contributed by atoms with Gasteiger partial charge < -0.3 is 20.7 Å². The molecular weight excluding hydrogens is 467 g/mol. The Kier molecular flexibility index (Phi) is 11.3. The normalized spacial score (nSPS) is 17.0. The summed E-state index contributed by atoms with van der Waals surface area (Å²) in [7, 11) is 0. The number of guanidine groups is 1. The maximum atomic E-state index is 11.2. The minimum atomic E-state index is -0.215. The number of carbonyl (C=O) groups is 1. The number of nitrogens with zero attached hydrogens (tertiary/aromatic N) is 2. The van der Waals surface area contributed by atoms with Crippen LogP contribution in [0.3, 0.4) is 0 Å². The zero-order chi connectivity index (χ0) is 19.6. The van der Waals surface area contributed by atoms with Gasteiger partial charge in [-0.3, -0.25) is 9.79 Å². The molecule has 1 amide bonds. The second-order valence-corrected chi connectivity index (χ2v) is 7.28. The Balaban J connectivity index is 0.00000392. The number of carbonyl (C=O) groups excluding carboxylic acids is 1. The van der Waals surface area contributed by atoms with Crippen molar-refractivity contribution in [1.82, 2.24) is 10.2 Å². The first-order valence-electron chi connectivity index (χ1n) is 10.0. The molecule has 0 spiro atoms. The van der Waals surface area contributed by atoms with E-state index in [1.54, 1.807) is 0 Å². The van der Waals surface area contributed by atoms with E-state index in [0.29, 0.717) is 25.5 Å². The largest absolute Gasteiger partial charge is 0.493 e. The maximum absolute atomic E-state index is 11.2. The smallest absolute Gasteiger partial charge is 0.217 e. The fourth-order valence-electron chi connectivity index (χ4n) is 3.58. The van der Waals surface area contributed by atoms with Gasteiger partial charge in [0.1, 0.15) is 5.75 Å². The number of nitrogens with two attached hydrogens (primary N) is 1. The minimum Gasteiger partial charge on any atom is -0.493 e. The van der Waals surface area contributed by atoms with Crippen molar-refractivity contribution in [3.05, 3.63) is 29.3 Å². The van der Waals surface area contributed by atoms with E-state index in [4.69, 9.17) is 15.5 Å². The molecule has 1 aliphatic heterocycles. The quantitative estimate of drug-likeness (QED) is 0.248. The SMILES string of the molecule is CCNC(=NCCCOc1c(C)cccc1C)N1CCCC(CC(N)=O)C1.I. The number of piperidine rings is 1. The number of aryl methyl sites for hydroxylation is 2. The average Bonchev–Trinajstić information content (AvgIpc) is 2.62. The lowest BCUT2D eigenvalue weighted by atomic mass is 9.95. The number of likely N-dealkylation sites (tertiary alicyclic amines) is 1. The minimum absolute atomic E-state index is 0. The zero-order valence-corrected chi connectivity index (χ0v) is 19.7. The van der Waals surface area contributed by atoms with Crippen molar-refractivity contribution >= 4 is 35.8 Å². The number of hydrogen-bond acceptors (Lipinski definition) is 3. The number of aliphatic imine (C=N–C) groups is 1. The van der Waals surface area contributed by atoms with Gasteiger partial charge in [-0.1, -0.05) is 18.2 Å². The van der Waals surface area contributed by atoms with E-state index in [-0.39, 0.29) is 29.9 Å². The van der Waals surface area contributed by atoms with E-state index in [0.717, 1.165) is 50.6 Å². The Morgan fingerprint density at radius 2 is 2.07 bits per heavy atom. The molecule has 6 nitrogen and oxygen atoms in total. The first kappa shape index (κ1) is 24.5. The number of rotatable bonds is 8. The van der Waals surface area contributed by atoms with Gasteiger partial charge in [-0.25, -0.2) is 0 Å². The summed E-state index contributed by atoms with van der Waals surface area (Å²) in [4.78, 5) is 18.2. The molecule has 3 N–H and O–H groups in total. The van der Waals surface area contributed by atoms with Crippen molar-refractivity contribution < 1.29 is 9.53 Å². The summed E-state index contributed by atoms with van der Waals surface area (Å²) in [6, 6.07) is 6.19. The van der Waals surface area contributed by atoms with Crippen LogP contribution in [0.25, 0.3) is 0 Å².